The number of carboxylic acid groups (broad SMARTS) is 1. The van der Waals surface area contributed by atoms with Crippen LogP contribution >= 0.6 is 0 Å². The molecule has 1 atom stereocenters. The van der Waals surface area contributed by atoms with Gasteiger partial charge in [0.15, 0.2) is 6.10 Å². The van der Waals surface area contributed by atoms with E-state index >= 15 is 0 Å². The molecule has 8 nitrogen and oxygen atoms in total. The van der Waals surface area contributed by atoms with Crippen molar-refractivity contribution in [2.24, 2.45) is 7.05 Å². The van der Waals surface area contributed by atoms with E-state index in [0.717, 1.165) is 19.0 Å². The van der Waals surface area contributed by atoms with Gasteiger partial charge in [0.1, 0.15) is 23.8 Å². The van der Waals surface area contributed by atoms with Crippen LogP contribution in [0.1, 0.15) is 30.7 Å². The summed E-state index contributed by atoms with van der Waals surface area (Å²) in [4.78, 5) is 35.8. The summed E-state index contributed by atoms with van der Waals surface area (Å²) in [5.74, 6) is -0.392. The van der Waals surface area contributed by atoms with E-state index in [1.807, 2.05) is 13.0 Å². The Morgan fingerprint density at radius 2 is 1.74 bits per heavy atom. The van der Waals surface area contributed by atoms with Crippen molar-refractivity contribution in [2.45, 2.75) is 39.2 Å². The quantitative estimate of drug-likeness (QED) is 0.516. The zero-order valence-electron chi connectivity index (χ0n) is 19.1. The fourth-order valence-electron chi connectivity index (χ4n) is 3.28. The van der Waals surface area contributed by atoms with Gasteiger partial charge in [-0.1, -0.05) is 19.1 Å². The molecule has 11 heteroatoms. The average molecular weight is 492 g/mol. The van der Waals surface area contributed by atoms with E-state index in [1.54, 1.807) is 12.1 Å². The van der Waals surface area contributed by atoms with Crippen molar-refractivity contribution in [3.8, 4) is 17.2 Å². The Balaban J connectivity index is 1.83. The van der Waals surface area contributed by atoms with Crippen LogP contribution in [0.3, 0.4) is 0 Å². The van der Waals surface area contributed by atoms with Crippen molar-refractivity contribution in [1.82, 2.24) is 9.13 Å². The summed E-state index contributed by atoms with van der Waals surface area (Å²) in [5, 5.41) is 9.14. The highest BCUT2D eigenvalue weighted by Crippen LogP contribution is 2.27. The first kappa shape index (κ1) is 25.6. The third-order valence-electron chi connectivity index (χ3n) is 5.29. The minimum absolute atomic E-state index is 0.0347. The zero-order valence-corrected chi connectivity index (χ0v) is 19.1. The molecule has 0 aliphatic carbocycles. The standard InChI is InChI=1S/C24H23F3N2O6/c1-4-15-5-6-16(19(11-15)35-14(2)22(31)32)13-34-18-9-7-17(8-10-18)29-21(30)12-20(24(25,26)27)28(3)23(29)33/h5-12,14H,4,13H2,1-3H3,(H,31,32). The van der Waals surface area contributed by atoms with E-state index in [9.17, 15) is 27.6 Å². The van der Waals surface area contributed by atoms with Gasteiger partial charge in [-0.25, -0.2) is 14.2 Å². The molecule has 1 N–H and O–H groups in total. The SMILES string of the molecule is CCc1ccc(COc2ccc(-n3c(=O)cc(C(F)(F)F)n(C)c3=O)cc2)c(OC(C)C(=O)O)c1. The number of hydrogen-bond acceptors (Lipinski definition) is 5. The van der Waals surface area contributed by atoms with Crippen LogP contribution in [-0.2, 0) is 31.0 Å². The first-order valence-corrected chi connectivity index (χ1v) is 10.6. The molecule has 1 heterocycles. The second kappa shape index (κ2) is 10.1. The highest BCUT2D eigenvalue weighted by Gasteiger charge is 2.35. The third kappa shape index (κ3) is 5.73. The Kier molecular flexibility index (Phi) is 7.37. The summed E-state index contributed by atoms with van der Waals surface area (Å²) >= 11 is 0. The van der Waals surface area contributed by atoms with Crippen LogP contribution in [0.4, 0.5) is 13.2 Å². The molecule has 3 aromatic rings. The Morgan fingerprint density at radius 1 is 1.09 bits per heavy atom. The summed E-state index contributed by atoms with van der Waals surface area (Å²) in [6, 6.07) is 11.4. The lowest BCUT2D eigenvalue weighted by Crippen LogP contribution is -2.40. The first-order valence-electron chi connectivity index (χ1n) is 10.6. The van der Waals surface area contributed by atoms with E-state index in [4.69, 9.17) is 14.6 Å². The van der Waals surface area contributed by atoms with Gasteiger partial charge in [0.2, 0.25) is 0 Å². The number of carboxylic acids is 1. The van der Waals surface area contributed by atoms with Gasteiger partial charge in [0.25, 0.3) is 5.56 Å². The van der Waals surface area contributed by atoms with E-state index in [2.05, 4.69) is 0 Å². The second-order valence-corrected chi connectivity index (χ2v) is 7.72. The molecule has 1 unspecified atom stereocenters. The number of aryl methyl sites for hydroxylation is 1. The molecule has 0 amide bonds. The summed E-state index contributed by atoms with van der Waals surface area (Å²) in [7, 11) is 0.938. The van der Waals surface area contributed by atoms with E-state index in [0.29, 0.717) is 32.3 Å². The largest absolute Gasteiger partial charge is 0.489 e. The topological polar surface area (TPSA) is 99.8 Å². The summed E-state index contributed by atoms with van der Waals surface area (Å²) in [5.41, 5.74) is -1.96. The molecule has 0 aliphatic rings. The molecule has 0 saturated carbocycles. The van der Waals surface area contributed by atoms with Gasteiger partial charge in [-0.15, -0.1) is 0 Å². The number of aliphatic carboxylic acids is 1. The van der Waals surface area contributed by atoms with E-state index < -0.39 is 35.2 Å². The third-order valence-corrected chi connectivity index (χ3v) is 5.29. The molecule has 35 heavy (non-hydrogen) atoms. The minimum atomic E-state index is -4.84. The average Bonchev–Trinajstić information content (AvgIpc) is 2.80. The maximum absolute atomic E-state index is 13.0. The Hall–Kier alpha value is -4.02. The summed E-state index contributed by atoms with van der Waals surface area (Å²) < 4.78 is 51.4. The zero-order chi connectivity index (χ0) is 25.9. The van der Waals surface area contributed by atoms with Gasteiger partial charge in [-0.05, 0) is 49.2 Å². The summed E-state index contributed by atoms with van der Waals surface area (Å²) in [6.07, 6.45) is -5.18. The van der Waals surface area contributed by atoms with Gasteiger partial charge < -0.3 is 14.6 Å². The molecular weight excluding hydrogens is 469 g/mol. The molecule has 2 aromatic carbocycles. The number of rotatable bonds is 8. The lowest BCUT2D eigenvalue weighted by molar-refractivity contribution is -0.144. The second-order valence-electron chi connectivity index (χ2n) is 7.72. The van der Waals surface area contributed by atoms with Crippen LogP contribution in [-0.4, -0.2) is 26.3 Å². The van der Waals surface area contributed by atoms with Crippen molar-refractivity contribution < 1.29 is 32.5 Å². The van der Waals surface area contributed by atoms with Crippen molar-refractivity contribution in [3.05, 3.63) is 86.2 Å². The highest BCUT2D eigenvalue weighted by molar-refractivity contribution is 5.72. The smallest absolute Gasteiger partial charge is 0.431 e. The molecule has 186 valence electrons. The van der Waals surface area contributed by atoms with E-state index in [1.165, 1.54) is 31.2 Å². The molecular formula is C24H23F3N2O6. The lowest BCUT2D eigenvalue weighted by atomic mass is 10.1. The number of nitrogens with zero attached hydrogens (tertiary/aromatic N) is 2. The highest BCUT2D eigenvalue weighted by atomic mass is 19.4. The van der Waals surface area contributed by atoms with Gasteiger partial charge in [-0.2, -0.15) is 13.2 Å². The number of hydrogen-bond donors (Lipinski definition) is 1. The minimum Gasteiger partial charge on any atom is -0.489 e. The lowest BCUT2D eigenvalue weighted by Gasteiger charge is -2.16. The molecule has 0 saturated heterocycles. The molecule has 1 aromatic heterocycles. The number of alkyl halides is 3. The van der Waals surface area contributed by atoms with Crippen LogP contribution in [0.15, 0.2) is 58.1 Å². The number of halogens is 3. The first-order chi connectivity index (χ1) is 16.4. The fourth-order valence-corrected chi connectivity index (χ4v) is 3.28. The van der Waals surface area contributed by atoms with E-state index in [-0.39, 0.29) is 12.3 Å². The van der Waals surface area contributed by atoms with Crippen LogP contribution in [0.5, 0.6) is 11.5 Å². The molecule has 0 radical (unpaired) electrons. The van der Waals surface area contributed by atoms with Crippen LogP contribution in [0, 0.1) is 0 Å². The predicted octanol–water partition coefficient (Wildman–Crippen LogP) is 3.55. The van der Waals surface area contributed by atoms with Gasteiger partial charge >= 0.3 is 17.8 Å². The normalized spacial score (nSPS) is 12.3. The maximum Gasteiger partial charge on any atom is 0.431 e. The monoisotopic (exact) mass is 492 g/mol. The van der Waals surface area contributed by atoms with Crippen LogP contribution < -0.4 is 20.7 Å². The van der Waals surface area contributed by atoms with Crippen LogP contribution in [0.2, 0.25) is 0 Å². The maximum atomic E-state index is 13.0. The molecule has 0 aliphatic heterocycles. The molecule has 3 rings (SSSR count). The van der Waals surface area contributed by atoms with Crippen molar-refractivity contribution in [1.29, 1.82) is 0 Å². The number of ether oxygens (including phenoxy) is 2. The van der Waals surface area contributed by atoms with Crippen molar-refractivity contribution >= 4 is 5.97 Å². The Morgan fingerprint density at radius 3 is 2.31 bits per heavy atom. The molecule has 0 fully saturated rings. The van der Waals surface area contributed by atoms with Crippen molar-refractivity contribution in [3.63, 3.8) is 0 Å². The number of aromatic nitrogens is 2. The molecule has 0 bridgehead atoms. The Labute approximate surface area is 197 Å². The van der Waals surface area contributed by atoms with Crippen LogP contribution in [0.25, 0.3) is 5.69 Å². The molecule has 0 spiro atoms. The predicted molar refractivity (Wildman–Crippen MR) is 120 cm³/mol. The van der Waals surface area contributed by atoms with Gasteiger partial charge in [0.05, 0.1) is 5.69 Å². The number of carbonyl (C=O) groups is 1. The van der Waals surface area contributed by atoms with Crippen molar-refractivity contribution in [2.75, 3.05) is 0 Å². The number of benzene rings is 2. The summed E-state index contributed by atoms with van der Waals surface area (Å²) in [6.45, 7) is 3.40. The fraction of sp³-hybridized carbons (Fsp3) is 0.292. The van der Waals surface area contributed by atoms with Gasteiger partial charge in [0, 0.05) is 18.7 Å². The van der Waals surface area contributed by atoms with Gasteiger partial charge in [-0.3, -0.25) is 9.36 Å². The Bertz CT molecular complexity index is 1340.